The van der Waals surface area contributed by atoms with Crippen LogP contribution in [-0.4, -0.2) is 9.38 Å². The van der Waals surface area contributed by atoms with E-state index in [2.05, 4.69) is 4.98 Å². The number of hydrogen-bond donors (Lipinski definition) is 0. The van der Waals surface area contributed by atoms with Crippen LogP contribution in [-0.2, 0) is 0 Å². The largest absolute Gasteiger partial charge is 0.269 e. The fourth-order valence-electron chi connectivity index (χ4n) is 1.54. The number of pyridine rings is 1. The van der Waals surface area contributed by atoms with Gasteiger partial charge in [-0.2, -0.15) is 0 Å². The molecule has 1 atom stereocenters. The second kappa shape index (κ2) is 3.66. The molecule has 0 aliphatic heterocycles. The van der Waals surface area contributed by atoms with E-state index in [-0.39, 0.29) is 10.9 Å². The molecule has 2 heterocycles. The first-order valence-corrected chi connectivity index (χ1v) is 5.16. The summed E-state index contributed by atoms with van der Waals surface area (Å²) >= 11 is 5.90. The van der Waals surface area contributed by atoms with E-state index in [4.69, 9.17) is 11.6 Å². The van der Waals surface area contributed by atoms with Gasteiger partial charge in [-0.3, -0.25) is 9.20 Å². The van der Waals surface area contributed by atoms with E-state index in [1.807, 2.05) is 19.1 Å². The van der Waals surface area contributed by atoms with Crippen LogP contribution in [0.15, 0.2) is 29.1 Å². The monoisotopic (exact) mass is 222 g/mol. The summed E-state index contributed by atoms with van der Waals surface area (Å²) in [6.45, 7) is 3.68. The molecule has 0 fully saturated rings. The number of nitrogens with zero attached hydrogens (tertiary/aromatic N) is 2. The first-order chi connectivity index (χ1) is 7.09. The third-order valence-electron chi connectivity index (χ3n) is 2.31. The highest BCUT2D eigenvalue weighted by Gasteiger charge is 2.07. The predicted molar refractivity (Wildman–Crippen MR) is 60.5 cm³/mol. The number of rotatable bonds is 1. The Hall–Kier alpha value is -1.35. The van der Waals surface area contributed by atoms with Gasteiger partial charge in [0.25, 0.3) is 5.56 Å². The van der Waals surface area contributed by atoms with E-state index < -0.39 is 0 Å². The van der Waals surface area contributed by atoms with Crippen LogP contribution in [0.1, 0.15) is 23.7 Å². The van der Waals surface area contributed by atoms with Crippen molar-refractivity contribution in [3.8, 4) is 0 Å². The first kappa shape index (κ1) is 10.2. The van der Waals surface area contributed by atoms with Crippen LogP contribution in [0.4, 0.5) is 0 Å². The van der Waals surface area contributed by atoms with E-state index in [1.165, 1.54) is 6.07 Å². The van der Waals surface area contributed by atoms with Crippen molar-refractivity contribution in [3.63, 3.8) is 0 Å². The van der Waals surface area contributed by atoms with Gasteiger partial charge in [0.2, 0.25) is 0 Å². The molecule has 15 heavy (non-hydrogen) atoms. The Morgan fingerprint density at radius 3 is 2.87 bits per heavy atom. The standard InChI is InChI=1S/C11H11ClN2O/c1-7-4-3-5-10-13-9(8(2)12)6-11(15)14(7)10/h3-6,8H,1-2H3. The van der Waals surface area contributed by atoms with Crippen LogP contribution >= 0.6 is 11.6 Å². The number of halogens is 1. The van der Waals surface area contributed by atoms with Crippen LogP contribution in [0, 0.1) is 6.92 Å². The van der Waals surface area contributed by atoms with Crippen molar-refractivity contribution in [2.24, 2.45) is 0 Å². The van der Waals surface area contributed by atoms with Crippen LogP contribution in [0.3, 0.4) is 0 Å². The molecule has 0 saturated heterocycles. The smallest absolute Gasteiger partial charge is 0.258 e. The molecule has 3 nitrogen and oxygen atoms in total. The lowest BCUT2D eigenvalue weighted by molar-refractivity contribution is 0.924. The summed E-state index contributed by atoms with van der Waals surface area (Å²) in [6.07, 6.45) is 0. The van der Waals surface area contributed by atoms with Crippen LogP contribution < -0.4 is 5.56 Å². The molecule has 0 radical (unpaired) electrons. The van der Waals surface area contributed by atoms with Crippen LogP contribution in [0.25, 0.3) is 5.65 Å². The number of fused-ring (bicyclic) bond motifs is 1. The van der Waals surface area contributed by atoms with E-state index in [0.29, 0.717) is 11.3 Å². The van der Waals surface area contributed by atoms with Gasteiger partial charge in [0.1, 0.15) is 5.65 Å². The molecule has 0 spiro atoms. The summed E-state index contributed by atoms with van der Waals surface area (Å²) < 4.78 is 1.57. The highest BCUT2D eigenvalue weighted by molar-refractivity contribution is 6.20. The Kier molecular flexibility index (Phi) is 2.49. The zero-order valence-corrected chi connectivity index (χ0v) is 9.32. The number of aromatic nitrogens is 2. The van der Waals surface area contributed by atoms with Crippen molar-refractivity contribution < 1.29 is 0 Å². The third-order valence-corrected chi connectivity index (χ3v) is 2.53. The topological polar surface area (TPSA) is 34.4 Å². The second-order valence-electron chi connectivity index (χ2n) is 3.50. The van der Waals surface area contributed by atoms with E-state index in [0.717, 1.165) is 5.69 Å². The molecule has 1 unspecified atom stereocenters. The van der Waals surface area contributed by atoms with Gasteiger partial charge in [-0.1, -0.05) is 6.07 Å². The molecule has 2 aromatic heterocycles. The Bertz CT molecular complexity index is 560. The maximum atomic E-state index is 11.8. The molecule has 0 bridgehead atoms. The molecule has 2 rings (SSSR count). The molecule has 0 aliphatic rings. The minimum Gasteiger partial charge on any atom is -0.269 e. The summed E-state index contributed by atoms with van der Waals surface area (Å²) in [6, 6.07) is 7.04. The third kappa shape index (κ3) is 1.75. The number of aryl methyl sites for hydroxylation is 1. The Labute approximate surface area is 92.3 Å². The lowest BCUT2D eigenvalue weighted by Gasteiger charge is -2.07. The molecule has 4 heteroatoms. The summed E-state index contributed by atoms with van der Waals surface area (Å²) in [5, 5.41) is -0.247. The van der Waals surface area contributed by atoms with Gasteiger partial charge >= 0.3 is 0 Å². The number of alkyl halides is 1. The summed E-state index contributed by atoms with van der Waals surface area (Å²) in [5.41, 5.74) is 2.05. The molecule has 0 amide bonds. The summed E-state index contributed by atoms with van der Waals surface area (Å²) in [5.74, 6) is 0. The Balaban J connectivity index is 2.85. The normalized spacial score (nSPS) is 13.0. The van der Waals surface area contributed by atoms with Crippen LogP contribution in [0.2, 0.25) is 0 Å². The van der Waals surface area contributed by atoms with Crippen molar-refractivity contribution >= 4 is 17.2 Å². The molecular formula is C11H11ClN2O. The maximum Gasteiger partial charge on any atom is 0.258 e. The molecule has 2 aromatic rings. The van der Waals surface area contributed by atoms with Crippen molar-refractivity contribution in [3.05, 3.63) is 46.0 Å². The average Bonchev–Trinajstić information content (AvgIpc) is 2.17. The lowest BCUT2D eigenvalue weighted by Crippen LogP contribution is -2.17. The van der Waals surface area contributed by atoms with Gasteiger partial charge in [-0.25, -0.2) is 4.98 Å². The average molecular weight is 223 g/mol. The van der Waals surface area contributed by atoms with Crippen molar-refractivity contribution in [2.75, 3.05) is 0 Å². The predicted octanol–water partition coefficient (Wildman–Crippen LogP) is 2.30. The SMILES string of the molecule is Cc1cccc2nc(C(C)Cl)cc(=O)n12. The highest BCUT2D eigenvalue weighted by atomic mass is 35.5. The second-order valence-corrected chi connectivity index (χ2v) is 4.15. The van der Waals surface area contributed by atoms with Crippen LogP contribution in [0.5, 0.6) is 0 Å². The molecule has 0 N–H and O–H groups in total. The minimum absolute atomic E-state index is 0.0828. The molecule has 0 aliphatic carbocycles. The van der Waals surface area contributed by atoms with Gasteiger partial charge in [-0.15, -0.1) is 11.6 Å². The van der Waals surface area contributed by atoms with Gasteiger partial charge in [0.15, 0.2) is 0 Å². The van der Waals surface area contributed by atoms with Crippen molar-refractivity contribution in [1.29, 1.82) is 0 Å². The zero-order chi connectivity index (χ0) is 11.0. The van der Waals surface area contributed by atoms with Gasteiger partial charge in [0.05, 0.1) is 11.1 Å². The number of hydrogen-bond acceptors (Lipinski definition) is 2. The lowest BCUT2D eigenvalue weighted by atomic mass is 10.3. The fourth-order valence-corrected chi connectivity index (χ4v) is 1.65. The fraction of sp³-hybridized carbons (Fsp3) is 0.273. The molecule has 78 valence electrons. The van der Waals surface area contributed by atoms with E-state index >= 15 is 0 Å². The minimum atomic E-state index is -0.247. The van der Waals surface area contributed by atoms with E-state index in [9.17, 15) is 4.79 Å². The van der Waals surface area contributed by atoms with Gasteiger partial charge in [-0.05, 0) is 26.0 Å². The summed E-state index contributed by atoms with van der Waals surface area (Å²) in [7, 11) is 0. The van der Waals surface area contributed by atoms with Crippen molar-refractivity contribution in [2.45, 2.75) is 19.2 Å². The molecular weight excluding hydrogens is 212 g/mol. The van der Waals surface area contributed by atoms with Crippen molar-refractivity contribution in [1.82, 2.24) is 9.38 Å². The molecule has 0 aromatic carbocycles. The quantitative estimate of drug-likeness (QED) is 0.694. The first-order valence-electron chi connectivity index (χ1n) is 4.73. The van der Waals surface area contributed by atoms with E-state index in [1.54, 1.807) is 17.4 Å². The zero-order valence-electron chi connectivity index (χ0n) is 8.57. The van der Waals surface area contributed by atoms with Gasteiger partial charge < -0.3 is 0 Å². The molecule has 0 saturated carbocycles. The Morgan fingerprint density at radius 1 is 1.47 bits per heavy atom. The Morgan fingerprint density at radius 2 is 2.20 bits per heavy atom. The highest BCUT2D eigenvalue weighted by Crippen LogP contribution is 2.16. The maximum absolute atomic E-state index is 11.8. The summed E-state index contributed by atoms with van der Waals surface area (Å²) in [4.78, 5) is 16.1. The van der Waals surface area contributed by atoms with Gasteiger partial charge in [0, 0.05) is 11.8 Å².